The van der Waals surface area contributed by atoms with Gasteiger partial charge in [0.25, 0.3) is 5.91 Å². The molecule has 38 heavy (non-hydrogen) atoms. The summed E-state index contributed by atoms with van der Waals surface area (Å²) in [5.74, 6) is -0.108. The minimum atomic E-state index is -1.32. The van der Waals surface area contributed by atoms with Crippen molar-refractivity contribution in [3.8, 4) is 0 Å². The number of hydrogen-bond donors (Lipinski definition) is 3. The number of fused-ring (bicyclic) bond motifs is 1. The number of aromatic nitrogens is 1. The summed E-state index contributed by atoms with van der Waals surface area (Å²) in [6, 6.07) is 7.24. The van der Waals surface area contributed by atoms with Gasteiger partial charge in [0.15, 0.2) is 0 Å². The molecule has 3 aliphatic rings. The number of aliphatic hydroxyl groups excluding tert-OH is 1. The average molecular weight is 524 g/mol. The molecule has 12 heteroatoms. The van der Waals surface area contributed by atoms with E-state index in [-0.39, 0.29) is 18.2 Å². The van der Waals surface area contributed by atoms with Crippen LogP contribution in [0.5, 0.6) is 0 Å². The Labute approximate surface area is 221 Å². The zero-order valence-electron chi connectivity index (χ0n) is 22.2. The number of morpholine rings is 1. The normalized spacial score (nSPS) is 22.9. The van der Waals surface area contributed by atoms with Crippen LogP contribution in [0.2, 0.25) is 0 Å². The van der Waals surface area contributed by atoms with Crippen molar-refractivity contribution in [1.29, 1.82) is 0 Å². The topological polar surface area (TPSA) is 134 Å². The second-order valence-corrected chi connectivity index (χ2v) is 10.9. The van der Waals surface area contributed by atoms with E-state index in [2.05, 4.69) is 15.2 Å². The molecule has 5 rings (SSSR count). The highest BCUT2D eigenvalue weighted by Gasteiger charge is 2.53. The molecule has 2 fully saturated rings. The Balaban J connectivity index is 1.42. The number of aliphatic hydroxyl groups is 1. The lowest BCUT2D eigenvalue weighted by atomic mass is 9.74. The van der Waals surface area contributed by atoms with Crippen LogP contribution in [0.4, 0.5) is 22.0 Å². The fourth-order valence-electron chi connectivity index (χ4n) is 4.88. The summed E-state index contributed by atoms with van der Waals surface area (Å²) < 4.78 is 18.0. The van der Waals surface area contributed by atoms with Gasteiger partial charge >= 0.3 is 13.2 Å². The molecule has 0 bridgehead atoms. The number of pyridine rings is 1. The monoisotopic (exact) mass is 524 g/mol. The highest BCUT2D eigenvalue weighted by molar-refractivity contribution is 6.63. The zero-order chi connectivity index (χ0) is 27.4. The van der Waals surface area contributed by atoms with Crippen LogP contribution in [0.1, 0.15) is 50.5 Å². The molecule has 202 valence electrons. The summed E-state index contributed by atoms with van der Waals surface area (Å²) in [7, 11) is -0.735. The third kappa shape index (κ3) is 4.62. The fraction of sp³-hybridized carbons (Fsp3) is 0.500. The molecule has 11 nitrogen and oxygen atoms in total. The fourth-order valence-corrected chi connectivity index (χ4v) is 4.88. The van der Waals surface area contributed by atoms with E-state index < -0.39 is 36.4 Å². The molecule has 1 aromatic carbocycles. The lowest BCUT2D eigenvalue weighted by Gasteiger charge is -2.35. The van der Waals surface area contributed by atoms with E-state index in [0.29, 0.717) is 42.2 Å². The Hall–Kier alpha value is -3.19. The Bertz CT molecular complexity index is 1230. The molecular formula is C26H33BN4O7. The van der Waals surface area contributed by atoms with Crippen molar-refractivity contribution in [3.63, 3.8) is 0 Å². The second kappa shape index (κ2) is 9.53. The van der Waals surface area contributed by atoms with Crippen molar-refractivity contribution in [2.75, 3.05) is 29.9 Å². The Kier molecular flexibility index (Phi) is 6.63. The maximum Gasteiger partial charge on any atom is 0.495 e. The first kappa shape index (κ1) is 26.4. The van der Waals surface area contributed by atoms with Crippen molar-refractivity contribution in [1.82, 2.24) is 9.88 Å². The molecular weight excluding hydrogens is 491 g/mol. The van der Waals surface area contributed by atoms with Gasteiger partial charge in [-0.1, -0.05) is 6.07 Å². The molecule has 2 unspecified atom stereocenters. The summed E-state index contributed by atoms with van der Waals surface area (Å²) in [5.41, 5.74) is 1.61. The van der Waals surface area contributed by atoms with Gasteiger partial charge in [-0.15, -0.1) is 0 Å². The average Bonchev–Trinajstić information content (AvgIpc) is 3.32. The first-order valence-electron chi connectivity index (χ1n) is 12.7. The second-order valence-electron chi connectivity index (χ2n) is 10.9. The third-order valence-electron chi connectivity index (χ3n) is 7.87. The van der Waals surface area contributed by atoms with Crippen molar-refractivity contribution < 1.29 is 33.8 Å². The van der Waals surface area contributed by atoms with E-state index >= 15 is 0 Å². The molecule has 0 radical (unpaired) electrons. The molecule has 3 aliphatic heterocycles. The summed E-state index contributed by atoms with van der Waals surface area (Å²) in [6.45, 7) is 11.1. The third-order valence-corrected chi connectivity index (χ3v) is 7.87. The van der Waals surface area contributed by atoms with Gasteiger partial charge < -0.3 is 34.5 Å². The molecule has 4 heterocycles. The van der Waals surface area contributed by atoms with Gasteiger partial charge in [-0.3, -0.25) is 4.79 Å². The quantitative estimate of drug-likeness (QED) is 0.501. The van der Waals surface area contributed by atoms with E-state index in [1.54, 1.807) is 31.3 Å². The van der Waals surface area contributed by atoms with Crippen LogP contribution in [0.15, 0.2) is 30.5 Å². The molecule has 3 N–H and O–H groups in total. The maximum atomic E-state index is 13.2. The number of carbonyl (C=O) groups is 2. The number of nitrogens with zero attached hydrogens (tertiary/aromatic N) is 3. The Morgan fingerprint density at radius 1 is 1.18 bits per heavy atom. The molecule has 0 saturated carbocycles. The number of benzene rings is 1. The van der Waals surface area contributed by atoms with E-state index in [4.69, 9.17) is 14.0 Å². The van der Waals surface area contributed by atoms with Gasteiger partial charge in [-0.25, -0.2) is 14.7 Å². The highest BCUT2D eigenvalue weighted by atomic mass is 16.7. The largest absolute Gasteiger partial charge is 0.495 e. The minimum absolute atomic E-state index is 0.0910. The van der Waals surface area contributed by atoms with Crippen LogP contribution in [0, 0.1) is 0 Å². The molecule has 0 spiro atoms. The van der Waals surface area contributed by atoms with Gasteiger partial charge in [0, 0.05) is 13.1 Å². The van der Waals surface area contributed by atoms with E-state index in [9.17, 15) is 19.8 Å². The van der Waals surface area contributed by atoms with E-state index in [0.717, 1.165) is 10.6 Å². The van der Waals surface area contributed by atoms with Crippen LogP contribution in [0.25, 0.3) is 0 Å². The van der Waals surface area contributed by atoms with E-state index in [1.807, 2.05) is 33.8 Å². The summed E-state index contributed by atoms with van der Waals surface area (Å²) >= 11 is 0. The first-order valence-corrected chi connectivity index (χ1v) is 12.7. The number of nitrogens with one attached hydrogen (secondary N) is 1. The number of imide groups is 1. The van der Waals surface area contributed by atoms with Crippen LogP contribution < -0.4 is 15.7 Å². The van der Waals surface area contributed by atoms with Gasteiger partial charge in [0.05, 0.1) is 53.6 Å². The summed E-state index contributed by atoms with van der Waals surface area (Å²) in [5, 5.41) is 22.7. The maximum absolute atomic E-state index is 13.2. The number of hydrogen-bond acceptors (Lipinski definition) is 9. The molecule has 0 aliphatic carbocycles. The molecule has 2 saturated heterocycles. The van der Waals surface area contributed by atoms with Crippen molar-refractivity contribution in [2.24, 2.45) is 0 Å². The molecule has 2 amide bonds. The predicted octanol–water partition coefficient (Wildman–Crippen LogP) is 2.34. The summed E-state index contributed by atoms with van der Waals surface area (Å²) in [6.07, 6.45) is -0.441. The predicted molar refractivity (Wildman–Crippen MR) is 141 cm³/mol. The van der Waals surface area contributed by atoms with Crippen molar-refractivity contribution in [3.05, 3.63) is 41.6 Å². The number of rotatable bonds is 5. The molecule has 2 aromatic rings. The molecule has 2 atom stereocenters. The van der Waals surface area contributed by atoms with Gasteiger partial charge in [0.1, 0.15) is 11.9 Å². The first-order chi connectivity index (χ1) is 17.9. The SMILES string of the molecule is CC(O)C1CN(c2ccc(Nc3ccc(B4OC(C)(C)C(C)(C)O4)c4c3C(=O)N(C(=O)O)C4)nc2)CCO1. The number of anilines is 3. The Morgan fingerprint density at radius 2 is 1.89 bits per heavy atom. The van der Waals surface area contributed by atoms with E-state index in [1.165, 1.54) is 0 Å². The van der Waals surface area contributed by atoms with Crippen molar-refractivity contribution in [2.45, 2.75) is 64.6 Å². The lowest BCUT2D eigenvalue weighted by Crippen LogP contribution is -2.47. The van der Waals surface area contributed by atoms with Gasteiger partial charge in [-0.2, -0.15) is 0 Å². The standard InChI is InChI=1S/C26H33BN4O7/c1-15(32)20-14-30(10-11-36-20)16-6-9-21(28-12-16)29-19-8-7-18(27-37-25(2,3)26(4,5)38-27)17-13-31(24(34)35)23(33)22(17)19/h6-9,12,15,20,32H,10-11,13-14H2,1-5H3,(H,28,29)(H,34,35). The Morgan fingerprint density at radius 3 is 2.50 bits per heavy atom. The number of amides is 2. The number of carboxylic acid groups (broad SMARTS) is 1. The number of carbonyl (C=O) groups excluding carboxylic acids is 1. The minimum Gasteiger partial charge on any atom is -0.465 e. The van der Waals surface area contributed by atoms with Crippen LogP contribution in [0.3, 0.4) is 0 Å². The van der Waals surface area contributed by atoms with Crippen LogP contribution >= 0.6 is 0 Å². The van der Waals surface area contributed by atoms with Crippen LogP contribution in [-0.2, 0) is 20.6 Å². The number of ether oxygens (including phenoxy) is 1. The summed E-state index contributed by atoms with van der Waals surface area (Å²) in [4.78, 5) is 32.4. The zero-order valence-corrected chi connectivity index (χ0v) is 22.2. The van der Waals surface area contributed by atoms with Gasteiger partial charge in [0.2, 0.25) is 0 Å². The van der Waals surface area contributed by atoms with Crippen molar-refractivity contribution >= 4 is 41.8 Å². The lowest BCUT2D eigenvalue weighted by molar-refractivity contribution is -0.0364. The molecule has 1 aromatic heterocycles. The smallest absolute Gasteiger partial charge is 0.465 e. The van der Waals surface area contributed by atoms with Crippen LogP contribution in [-0.4, -0.2) is 82.3 Å². The highest BCUT2D eigenvalue weighted by Crippen LogP contribution is 2.38. The van der Waals surface area contributed by atoms with Gasteiger partial charge in [-0.05, 0) is 63.8 Å².